The minimum atomic E-state index is -0.320. The second-order valence-electron chi connectivity index (χ2n) is 6.65. The van der Waals surface area contributed by atoms with Gasteiger partial charge in [0.25, 0.3) is 0 Å². The van der Waals surface area contributed by atoms with Crippen LogP contribution in [-0.4, -0.2) is 23.1 Å². The van der Waals surface area contributed by atoms with Gasteiger partial charge < -0.3 is 10.1 Å². The molecule has 4 rings (SSSR count). The Morgan fingerprint density at radius 3 is 2.61 bits per heavy atom. The number of thiocarbonyl (C=S) groups is 1. The average Bonchev–Trinajstić information content (AvgIpc) is 3.26. The molecule has 0 spiro atoms. The van der Waals surface area contributed by atoms with Crippen molar-refractivity contribution in [3.05, 3.63) is 83.7 Å². The van der Waals surface area contributed by atoms with Gasteiger partial charge in [-0.1, -0.05) is 48.5 Å². The van der Waals surface area contributed by atoms with Crippen LogP contribution in [0.1, 0.15) is 5.56 Å². The van der Waals surface area contributed by atoms with Crippen LogP contribution < -0.4 is 15.4 Å². The van der Waals surface area contributed by atoms with Crippen LogP contribution in [0.4, 0.5) is 5.13 Å². The number of nitrogens with one attached hydrogen (secondary N) is 2. The molecule has 0 radical (unpaired) electrons. The standard InChI is InChI=1S/C24H19N3O2S2/c1-29-20-11-6-16(7-12-20)8-13-22(28)26-23(30)27-24-25-21(15-31-24)19-10-9-17-4-2-3-5-18(17)14-19/h2-15H,1H3,(H2,25,26,27,28,30). The average molecular weight is 446 g/mol. The Balaban J connectivity index is 1.35. The largest absolute Gasteiger partial charge is 0.497 e. The molecule has 0 aliphatic carbocycles. The highest BCUT2D eigenvalue weighted by Crippen LogP contribution is 2.27. The van der Waals surface area contributed by atoms with Crippen LogP contribution in [0.25, 0.3) is 28.1 Å². The van der Waals surface area contributed by atoms with E-state index in [0.29, 0.717) is 5.13 Å². The quantitative estimate of drug-likeness (QED) is 0.314. The number of aromatic nitrogens is 1. The highest BCUT2D eigenvalue weighted by atomic mass is 32.1. The molecule has 0 aliphatic heterocycles. The zero-order valence-electron chi connectivity index (χ0n) is 16.7. The molecule has 5 nitrogen and oxygen atoms in total. The number of fused-ring (bicyclic) bond motifs is 1. The molecule has 0 atom stereocenters. The molecule has 0 unspecified atom stereocenters. The topological polar surface area (TPSA) is 63.2 Å². The van der Waals surface area contributed by atoms with Crippen molar-refractivity contribution in [2.45, 2.75) is 0 Å². The molecule has 31 heavy (non-hydrogen) atoms. The fourth-order valence-corrected chi connectivity index (χ4v) is 3.97. The molecule has 2 N–H and O–H groups in total. The first-order chi connectivity index (χ1) is 15.1. The number of nitrogens with zero attached hydrogens (tertiary/aromatic N) is 1. The summed E-state index contributed by atoms with van der Waals surface area (Å²) >= 11 is 6.67. The first kappa shape index (κ1) is 20.7. The molecule has 1 heterocycles. The smallest absolute Gasteiger partial charge is 0.250 e. The van der Waals surface area contributed by atoms with Crippen molar-refractivity contribution in [2.75, 3.05) is 12.4 Å². The maximum absolute atomic E-state index is 12.1. The number of carbonyl (C=O) groups excluding carboxylic acids is 1. The fourth-order valence-electron chi connectivity index (χ4n) is 2.98. The third-order valence-corrected chi connectivity index (χ3v) is 5.51. The molecule has 3 aromatic carbocycles. The number of ether oxygens (including phenoxy) is 1. The summed E-state index contributed by atoms with van der Waals surface area (Å²) in [7, 11) is 1.61. The minimum absolute atomic E-state index is 0.198. The second kappa shape index (κ2) is 9.51. The molecule has 4 aromatic rings. The van der Waals surface area contributed by atoms with Crippen molar-refractivity contribution < 1.29 is 9.53 Å². The van der Waals surface area contributed by atoms with Gasteiger partial charge in [0.05, 0.1) is 12.8 Å². The molecule has 0 saturated heterocycles. The van der Waals surface area contributed by atoms with Crippen molar-refractivity contribution >= 4 is 56.6 Å². The Morgan fingerprint density at radius 1 is 1.06 bits per heavy atom. The van der Waals surface area contributed by atoms with E-state index in [1.54, 1.807) is 13.2 Å². The summed E-state index contributed by atoms with van der Waals surface area (Å²) in [4.78, 5) is 16.7. The molecular weight excluding hydrogens is 426 g/mol. The first-order valence-corrected chi connectivity index (χ1v) is 10.8. The van der Waals surface area contributed by atoms with E-state index < -0.39 is 0 Å². The van der Waals surface area contributed by atoms with E-state index in [4.69, 9.17) is 17.0 Å². The summed E-state index contributed by atoms with van der Waals surface area (Å²) in [5.74, 6) is 0.443. The molecular formula is C24H19N3O2S2. The van der Waals surface area contributed by atoms with Crippen LogP contribution in [0.3, 0.4) is 0 Å². The number of amides is 1. The number of hydrogen-bond acceptors (Lipinski definition) is 5. The summed E-state index contributed by atoms with van der Waals surface area (Å²) in [5.41, 5.74) is 2.77. The van der Waals surface area contributed by atoms with E-state index in [-0.39, 0.29) is 11.0 Å². The van der Waals surface area contributed by atoms with Crippen LogP contribution in [0.2, 0.25) is 0 Å². The number of benzene rings is 3. The summed E-state index contributed by atoms with van der Waals surface area (Å²) in [6.07, 6.45) is 3.14. The van der Waals surface area contributed by atoms with Gasteiger partial charge in [0, 0.05) is 17.0 Å². The Kier molecular flexibility index (Phi) is 6.35. The van der Waals surface area contributed by atoms with Crippen molar-refractivity contribution in [2.24, 2.45) is 0 Å². The molecule has 7 heteroatoms. The zero-order valence-corrected chi connectivity index (χ0v) is 18.3. The van der Waals surface area contributed by atoms with Gasteiger partial charge in [-0.15, -0.1) is 11.3 Å². The van der Waals surface area contributed by atoms with E-state index in [0.717, 1.165) is 28.0 Å². The van der Waals surface area contributed by atoms with Crippen molar-refractivity contribution in [3.8, 4) is 17.0 Å². The van der Waals surface area contributed by atoms with Crippen molar-refractivity contribution in [1.82, 2.24) is 10.3 Å². The third-order valence-electron chi connectivity index (χ3n) is 4.55. The summed E-state index contributed by atoms with van der Waals surface area (Å²) < 4.78 is 5.12. The lowest BCUT2D eigenvalue weighted by atomic mass is 10.1. The van der Waals surface area contributed by atoms with Crippen LogP contribution in [0.5, 0.6) is 5.75 Å². The Morgan fingerprint density at radius 2 is 1.84 bits per heavy atom. The lowest BCUT2D eigenvalue weighted by Gasteiger charge is -2.05. The first-order valence-electron chi connectivity index (χ1n) is 9.49. The SMILES string of the molecule is COc1ccc(C=CC(=O)NC(=S)Nc2nc(-c3ccc4ccccc4c3)cs2)cc1. The molecule has 154 valence electrons. The van der Waals surface area contributed by atoms with Gasteiger partial charge in [-0.05, 0) is 52.8 Å². The molecule has 0 fully saturated rings. The highest BCUT2D eigenvalue weighted by molar-refractivity contribution is 7.80. The van der Waals surface area contributed by atoms with Gasteiger partial charge in [-0.2, -0.15) is 0 Å². The maximum Gasteiger partial charge on any atom is 0.250 e. The van der Waals surface area contributed by atoms with Gasteiger partial charge >= 0.3 is 0 Å². The van der Waals surface area contributed by atoms with Gasteiger partial charge in [-0.25, -0.2) is 4.98 Å². The minimum Gasteiger partial charge on any atom is -0.497 e. The number of methoxy groups -OCH3 is 1. The van der Waals surface area contributed by atoms with Gasteiger partial charge in [0.2, 0.25) is 5.91 Å². The Bertz CT molecular complexity index is 1260. The number of carbonyl (C=O) groups is 1. The molecule has 1 amide bonds. The lowest BCUT2D eigenvalue weighted by molar-refractivity contribution is -0.115. The summed E-state index contributed by atoms with van der Waals surface area (Å²) in [6.45, 7) is 0. The molecule has 0 aliphatic rings. The summed E-state index contributed by atoms with van der Waals surface area (Å²) in [5, 5.41) is 10.7. The van der Waals surface area contributed by atoms with Crippen LogP contribution in [0, 0.1) is 0 Å². The van der Waals surface area contributed by atoms with Crippen molar-refractivity contribution in [1.29, 1.82) is 0 Å². The van der Waals surface area contributed by atoms with Gasteiger partial charge in [0.15, 0.2) is 10.2 Å². The predicted molar refractivity (Wildman–Crippen MR) is 131 cm³/mol. The van der Waals surface area contributed by atoms with Crippen LogP contribution in [0.15, 0.2) is 78.2 Å². The monoisotopic (exact) mass is 445 g/mol. The molecule has 0 saturated carbocycles. The number of thiazole rings is 1. The molecule has 1 aromatic heterocycles. The van der Waals surface area contributed by atoms with Crippen molar-refractivity contribution in [3.63, 3.8) is 0 Å². The van der Waals surface area contributed by atoms with E-state index in [9.17, 15) is 4.79 Å². The van der Waals surface area contributed by atoms with Crippen LogP contribution in [-0.2, 0) is 4.79 Å². The lowest BCUT2D eigenvalue weighted by Crippen LogP contribution is -2.32. The van der Waals surface area contributed by atoms with Gasteiger partial charge in [-0.3, -0.25) is 10.1 Å². The third kappa shape index (κ3) is 5.33. The Labute approximate surface area is 189 Å². The Hall–Kier alpha value is -3.55. The highest BCUT2D eigenvalue weighted by Gasteiger charge is 2.08. The second-order valence-corrected chi connectivity index (χ2v) is 7.92. The van der Waals surface area contributed by atoms with Gasteiger partial charge in [0.1, 0.15) is 5.75 Å². The zero-order chi connectivity index (χ0) is 21.6. The summed E-state index contributed by atoms with van der Waals surface area (Å²) in [6, 6.07) is 21.8. The van der Waals surface area contributed by atoms with E-state index in [2.05, 4.69) is 39.9 Å². The van der Waals surface area contributed by atoms with E-state index in [1.165, 1.54) is 22.8 Å². The van der Waals surface area contributed by atoms with E-state index >= 15 is 0 Å². The number of anilines is 1. The fraction of sp³-hybridized carbons (Fsp3) is 0.0417. The maximum atomic E-state index is 12.1. The molecule has 0 bridgehead atoms. The number of rotatable bonds is 5. The predicted octanol–water partition coefficient (Wildman–Crippen LogP) is 5.50. The number of hydrogen-bond donors (Lipinski definition) is 2. The normalized spacial score (nSPS) is 10.9. The van der Waals surface area contributed by atoms with Crippen LogP contribution >= 0.6 is 23.6 Å². The van der Waals surface area contributed by atoms with E-state index in [1.807, 2.05) is 47.8 Å².